The first-order valence-corrected chi connectivity index (χ1v) is 5.66. The molecule has 0 unspecified atom stereocenters. The molecule has 1 aromatic heterocycles. The number of aromatic nitrogens is 1. The van der Waals surface area contributed by atoms with Gasteiger partial charge >= 0.3 is 0 Å². The maximum atomic E-state index is 5.67. The second kappa shape index (κ2) is 4.40. The van der Waals surface area contributed by atoms with Gasteiger partial charge in [-0.1, -0.05) is 0 Å². The van der Waals surface area contributed by atoms with Crippen molar-refractivity contribution < 1.29 is 4.74 Å². The molecule has 0 spiro atoms. The van der Waals surface area contributed by atoms with Crippen molar-refractivity contribution in [2.45, 2.75) is 32.3 Å². The molecule has 0 aliphatic carbocycles. The Labute approximate surface area is 87.9 Å². The van der Waals surface area contributed by atoms with Gasteiger partial charge < -0.3 is 4.74 Å². The summed E-state index contributed by atoms with van der Waals surface area (Å²) in [6, 6.07) is 0. The summed E-state index contributed by atoms with van der Waals surface area (Å²) in [5.74, 6) is 0.471. The zero-order valence-corrected chi connectivity index (χ0v) is 9.71. The van der Waals surface area contributed by atoms with Gasteiger partial charge in [0.15, 0.2) is 0 Å². The Kier molecular flexibility index (Phi) is 3.71. The molecular weight excluding hydrogens is 206 g/mol. The third-order valence-corrected chi connectivity index (χ3v) is 3.18. The van der Waals surface area contributed by atoms with Gasteiger partial charge in [0.05, 0.1) is 11.6 Å². The van der Waals surface area contributed by atoms with E-state index in [9.17, 15) is 0 Å². The van der Waals surface area contributed by atoms with E-state index in [-0.39, 0.29) is 5.60 Å². The molecule has 74 valence electrons. The van der Waals surface area contributed by atoms with E-state index >= 15 is 0 Å². The maximum Gasteiger partial charge on any atom is 0.124 e. The molecule has 13 heavy (non-hydrogen) atoms. The molecule has 0 amide bonds. The Morgan fingerprint density at radius 2 is 2.31 bits per heavy atom. The molecule has 0 atom stereocenters. The standard InChI is InChI=1S/C9H14ClNOS/c1-4-12-9(2,3)8-11-7(5-10)6-13-8/h6H,4-5H2,1-3H3. The Balaban J connectivity index is 2.80. The van der Waals surface area contributed by atoms with Gasteiger partial charge in [-0.25, -0.2) is 4.98 Å². The first-order chi connectivity index (χ1) is 6.10. The SMILES string of the molecule is CCOC(C)(C)c1nc(CCl)cs1. The van der Waals surface area contributed by atoms with E-state index in [0.717, 1.165) is 10.7 Å². The summed E-state index contributed by atoms with van der Waals surface area (Å²) < 4.78 is 5.58. The number of hydrogen-bond donors (Lipinski definition) is 0. The summed E-state index contributed by atoms with van der Waals surface area (Å²) in [5, 5.41) is 2.97. The Bertz CT molecular complexity index is 272. The maximum absolute atomic E-state index is 5.67. The molecule has 0 aromatic carbocycles. The second-order valence-electron chi connectivity index (χ2n) is 3.22. The van der Waals surface area contributed by atoms with Crippen LogP contribution in [0.4, 0.5) is 0 Å². The number of nitrogens with zero attached hydrogens (tertiary/aromatic N) is 1. The molecule has 0 bridgehead atoms. The average Bonchev–Trinajstić information content (AvgIpc) is 2.52. The molecule has 0 N–H and O–H groups in total. The molecule has 0 saturated heterocycles. The van der Waals surface area contributed by atoms with Gasteiger partial charge in [-0.05, 0) is 20.8 Å². The molecular formula is C9H14ClNOS. The largest absolute Gasteiger partial charge is 0.369 e. The molecule has 2 nitrogen and oxygen atoms in total. The summed E-state index contributed by atoms with van der Waals surface area (Å²) in [5.41, 5.74) is 0.637. The second-order valence-corrected chi connectivity index (χ2v) is 4.35. The van der Waals surface area contributed by atoms with Crippen LogP contribution in [0.15, 0.2) is 5.38 Å². The highest BCUT2D eigenvalue weighted by molar-refractivity contribution is 7.09. The number of hydrogen-bond acceptors (Lipinski definition) is 3. The lowest BCUT2D eigenvalue weighted by Crippen LogP contribution is -2.21. The molecule has 0 saturated carbocycles. The minimum absolute atomic E-state index is 0.288. The fourth-order valence-electron chi connectivity index (χ4n) is 1.07. The summed E-state index contributed by atoms with van der Waals surface area (Å²) in [4.78, 5) is 4.38. The predicted molar refractivity (Wildman–Crippen MR) is 56.3 cm³/mol. The first-order valence-electron chi connectivity index (χ1n) is 4.25. The molecule has 0 radical (unpaired) electrons. The third-order valence-electron chi connectivity index (χ3n) is 1.71. The number of thiazole rings is 1. The van der Waals surface area contributed by atoms with Crippen LogP contribution in [0.2, 0.25) is 0 Å². The molecule has 0 aliphatic heterocycles. The van der Waals surface area contributed by atoms with Crippen LogP contribution < -0.4 is 0 Å². The van der Waals surface area contributed by atoms with Gasteiger partial charge in [0.25, 0.3) is 0 Å². The van der Waals surface area contributed by atoms with Gasteiger partial charge in [0, 0.05) is 12.0 Å². The first kappa shape index (κ1) is 11.0. The van der Waals surface area contributed by atoms with Crippen LogP contribution in [0.5, 0.6) is 0 Å². The molecule has 1 aromatic rings. The molecule has 0 fully saturated rings. The van der Waals surface area contributed by atoms with Gasteiger partial charge in [-0.15, -0.1) is 22.9 Å². The van der Waals surface area contributed by atoms with E-state index in [1.54, 1.807) is 11.3 Å². The molecule has 0 aliphatic rings. The average molecular weight is 220 g/mol. The summed E-state index contributed by atoms with van der Waals surface area (Å²) >= 11 is 7.27. The lowest BCUT2D eigenvalue weighted by atomic mass is 10.1. The number of halogens is 1. The number of rotatable bonds is 4. The van der Waals surface area contributed by atoms with Gasteiger partial charge in [0.2, 0.25) is 0 Å². The summed E-state index contributed by atoms with van der Waals surface area (Å²) in [6.07, 6.45) is 0. The number of ether oxygens (including phenoxy) is 1. The lowest BCUT2D eigenvalue weighted by molar-refractivity contribution is -0.0142. The highest BCUT2D eigenvalue weighted by atomic mass is 35.5. The van der Waals surface area contributed by atoms with Crippen molar-refractivity contribution in [1.82, 2.24) is 4.98 Å². The third kappa shape index (κ3) is 2.66. The topological polar surface area (TPSA) is 22.1 Å². The summed E-state index contributed by atoms with van der Waals surface area (Å²) in [6.45, 7) is 6.72. The summed E-state index contributed by atoms with van der Waals surface area (Å²) in [7, 11) is 0. The van der Waals surface area contributed by atoms with Crippen LogP contribution in [0.25, 0.3) is 0 Å². The van der Waals surface area contributed by atoms with Crippen molar-refractivity contribution in [3.8, 4) is 0 Å². The van der Waals surface area contributed by atoms with Crippen molar-refractivity contribution >= 4 is 22.9 Å². The normalized spacial score (nSPS) is 12.0. The van der Waals surface area contributed by atoms with E-state index in [0.29, 0.717) is 12.5 Å². The van der Waals surface area contributed by atoms with E-state index < -0.39 is 0 Å². The van der Waals surface area contributed by atoms with Gasteiger partial charge in [0.1, 0.15) is 10.6 Å². The Hall–Kier alpha value is -0.120. The van der Waals surface area contributed by atoms with Crippen molar-refractivity contribution in [1.29, 1.82) is 0 Å². The highest BCUT2D eigenvalue weighted by Gasteiger charge is 2.24. The molecule has 1 heterocycles. The van der Waals surface area contributed by atoms with Crippen molar-refractivity contribution in [3.63, 3.8) is 0 Å². The molecule has 1 rings (SSSR count). The fourth-order valence-corrected chi connectivity index (χ4v) is 2.19. The van der Waals surface area contributed by atoms with Crippen LogP contribution in [0.1, 0.15) is 31.5 Å². The molecule has 4 heteroatoms. The van der Waals surface area contributed by atoms with Crippen LogP contribution in [-0.4, -0.2) is 11.6 Å². The minimum atomic E-state index is -0.288. The fraction of sp³-hybridized carbons (Fsp3) is 0.667. The minimum Gasteiger partial charge on any atom is -0.369 e. The Morgan fingerprint density at radius 3 is 2.77 bits per heavy atom. The van der Waals surface area contributed by atoms with E-state index in [1.165, 1.54) is 0 Å². The zero-order chi connectivity index (χ0) is 9.90. The van der Waals surface area contributed by atoms with Crippen molar-refractivity contribution in [2.24, 2.45) is 0 Å². The Morgan fingerprint density at radius 1 is 1.62 bits per heavy atom. The van der Waals surface area contributed by atoms with E-state index in [2.05, 4.69) is 4.98 Å². The monoisotopic (exact) mass is 219 g/mol. The van der Waals surface area contributed by atoms with Crippen molar-refractivity contribution in [2.75, 3.05) is 6.61 Å². The van der Waals surface area contributed by atoms with Crippen molar-refractivity contribution in [3.05, 3.63) is 16.1 Å². The van der Waals surface area contributed by atoms with Crippen LogP contribution in [-0.2, 0) is 16.2 Å². The number of alkyl halides is 1. The van der Waals surface area contributed by atoms with Crippen LogP contribution in [0, 0.1) is 0 Å². The van der Waals surface area contributed by atoms with Gasteiger partial charge in [-0.2, -0.15) is 0 Å². The predicted octanol–water partition coefficient (Wildman–Crippen LogP) is 3.15. The smallest absolute Gasteiger partial charge is 0.124 e. The van der Waals surface area contributed by atoms with Gasteiger partial charge in [-0.3, -0.25) is 0 Å². The van der Waals surface area contributed by atoms with E-state index in [4.69, 9.17) is 16.3 Å². The lowest BCUT2D eigenvalue weighted by Gasteiger charge is -2.21. The highest BCUT2D eigenvalue weighted by Crippen LogP contribution is 2.27. The van der Waals surface area contributed by atoms with Crippen LogP contribution >= 0.6 is 22.9 Å². The quantitative estimate of drug-likeness (QED) is 0.726. The van der Waals surface area contributed by atoms with E-state index in [1.807, 2.05) is 26.2 Å². The van der Waals surface area contributed by atoms with Crippen LogP contribution in [0.3, 0.4) is 0 Å². The zero-order valence-electron chi connectivity index (χ0n) is 8.13.